The largest absolute Gasteiger partial charge is 0.481 e. The lowest BCUT2D eigenvalue weighted by atomic mass is 10.3. The normalized spacial score (nSPS) is 15.2. The number of aromatic nitrogens is 3. The number of aliphatic carboxylic acids is 1. The monoisotopic (exact) mass is 263 g/mol. The second-order valence-electron chi connectivity index (χ2n) is 4.53. The Morgan fingerprint density at radius 1 is 1.61 bits per heavy atom. The molecule has 0 bridgehead atoms. The first-order chi connectivity index (χ1) is 8.65. The highest BCUT2D eigenvalue weighted by Crippen LogP contribution is 2.40. The second-order valence-corrected chi connectivity index (χ2v) is 5.48. The number of carboxylic acids is 1. The zero-order valence-corrected chi connectivity index (χ0v) is 10.8. The summed E-state index contributed by atoms with van der Waals surface area (Å²) in [4.78, 5) is 19.6. The molecule has 1 saturated carbocycles. The lowest BCUT2D eigenvalue weighted by Crippen LogP contribution is -2.02. The number of pyridine rings is 1. The van der Waals surface area contributed by atoms with Gasteiger partial charge in [0.15, 0.2) is 10.8 Å². The van der Waals surface area contributed by atoms with Crippen LogP contribution in [0.1, 0.15) is 24.4 Å². The summed E-state index contributed by atoms with van der Waals surface area (Å²) in [6.45, 7) is 1.98. The van der Waals surface area contributed by atoms with Crippen molar-refractivity contribution in [3.63, 3.8) is 0 Å². The molecule has 2 heterocycles. The smallest absolute Gasteiger partial charge is 0.313 e. The van der Waals surface area contributed by atoms with Gasteiger partial charge in [0, 0.05) is 12.2 Å². The molecule has 1 aliphatic rings. The maximum Gasteiger partial charge on any atom is 0.313 e. The van der Waals surface area contributed by atoms with E-state index in [0.29, 0.717) is 6.04 Å². The summed E-state index contributed by atoms with van der Waals surface area (Å²) in [5.41, 5.74) is 2.79. The van der Waals surface area contributed by atoms with E-state index in [1.165, 1.54) is 11.8 Å². The van der Waals surface area contributed by atoms with Crippen molar-refractivity contribution in [2.24, 2.45) is 0 Å². The molecule has 2 aromatic heterocycles. The van der Waals surface area contributed by atoms with Crippen LogP contribution in [-0.2, 0) is 4.79 Å². The van der Waals surface area contributed by atoms with Crippen molar-refractivity contribution in [2.75, 3.05) is 5.75 Å². The van der Waals surface area contributed by atoms with Crippen molar-refractivity contribution < 1.29 is 9.90 Å². The Morgan fingerprint density at radius 3 is 3.06 bits per heavy atom. The quantitative estimate of drug-likeness (QED) is 0.857. The van der Waals surface area contributed by atoms with Crippen LogP contribution in [0.3, 0.4) is 0 Å². The number of hydrogen-bond donors (Lipinski definition) is 1. The molecule has 1 aliphatic carbocycles. The van der Waals surface area contributed by atoms with E-state index in [1.807, 2.05) is 19.2 Å². The molecule has 0 saturated heterocycles. The van der Waals surface area contributed by atoms with Gasteiger partial charge in [0.25, 0.3) is 0 Å². The molecule has 0 aromatic carbocycles. The van der Waals surface area contributed by atoms with Crippen LogP contribution < -0.4 is 0 Å². The van der Waals surface area contributed by atoms with Gasteiger partial charge in [-0.2, -0.15) is 0 Å². The Balaban J connectivity index is 2.05. The molecule has 0 aliphatic heterocycles. The van der Waals surface area contributed by atoms with Gasteiger partial charge in [0.05, 0.1) is 5.75 Å². The minimum absolute atomic E-state index is 0.0367. The highest BCUT2D eigenvalue weighted by atomic mass is 32.2. The summed E-state index contributed by atoms with van der Waals surface area (Å²) in [7, 11) is 0. The molecule has 0 spiro atoms. The van der Waals surface area contributed by atoms with E-state index in [9.17, 15) is 4.79 Å². The number of carboxylic acid groups (broad SMARTS) is 1. The topological polar surface area (TPSA) is 68.0 Å². The minimum Gasteiger partial charge on any atom is -0.481 e. The maximum absolute atomic E-state index is 10.7. The number of thioether (sulfide) groups is 1. The van der Waals surface area contributed by atoms with Crippen molar-refractivity contribution >= 4 is 28.9 Å². The first-order valence-electron chi connectivity index (χ1n) is 5.84. The Kier molecular flexibility index (Phi) is 2.74. The van der Waals surface area contributed by atoms with Crippen LogP contribution in [0.25, 0.3) is 11.2 Å². The summed E-state index contributed by atoms with van der Waals surface area (Å²) in [6.07, 6.45) is 4.08. The van der Waals surface area contributed by atoms with Crippen molar-refractivity contribution in [3.05, 3.63) is 17.8 Å². The number of aryl methyl sites for hydroxylation is 1. The van der Waals surface area contributed by atoms with Gasteiger partial charge in [-0.1, -0.05) is 11.8 Å². The molecule has 0 amide bonds. The zero-order valence-electron chi connectivity index (χ0n) is 9.96. The molecular weight excluding hydrogens is 250 g/mol. The Labute approximate surface area is 108 Å². The highest BCUT2D eigenvalue weighted by Gasteiger charge is 2.29. The van der Waals surface area contributed by atoms with Gasteiger partial charge in [-0.25, -0.2) is 9.97 Å². The lowest BCUT2D eigenvalue weighted by Gasteiger charge is -2.04. The van der Waals surface area contributed by atoms with Gasteiger partial charge in [0.2, 0.25) is 0 Å². The van der Waals surface area contributed by atoms with Crippen LogP contribution in [0.2, 0.25) is 0 Å². The van der Waals surface area contributed by atoms with Crippen molar-refractivity contribution in [1.82, 2.24) is 14.5 Å². The fourth-order valence-electron chi connectivity index (χ4n) is 1.95. The van der Waals surface area contributed by atoms with Gasteiger partial charge in [-0.05, 0) is 31.4 Å². The molecule has 0 unspecified atom stereocenters. The number of nitrogens with zero attached hydrogens (tertiary/aromatic N) is 3. The van der Waals surface area contributed by atoms with E-state index < -0.39 is 5.97 Å². The number of hydrogen-bond acceptors (Lipinski definition) is 4. The maximum atomic E-state index is 10.7. The van der Waals surface area contributed by atoms with Gasteiger partial charge < -0.3 is 9.67 Å². The molecule has 0 atom stereocenters. The van der Waals surface area contributed by atoms with E-state index >= 15 is 0 Å². The van der Waals surface area contributed by atoms with E-state index in [2.05, 4.69) is 14.5 Å². The molecular formula is C12H13N3O2S. The summed E-state index contributed by atoms with van der Waals surface area (Å²) >= 11 is 1.27. The predicted octanol–water partition coefficient (Wildman–Crippen LogP) is 2.25. The third-order valence-electron chi connectivity index (χ3n) is 2.87. The second kappa shape index (κ2) is 4.28. The third-order valence-corrected chi connectivity index (χ3v) is 3.81. The van der Waals surface area contributed by atoms with Gasteiger partial charge in [0.1, 0.15) is 5.52 Å². The van der Waals surface area contributed by atoms with Gasteiger partial charge in [-0.15, -0.1) is 0 Å². The zero-order chi connectivity index (χ0) is 12.7. The van der Waals surface area contributed by atoms with E-state index in [-0.39, 0.29) is 5.75 Å². The number of imidazole rings is 1. The third kappa shape index (κ3) is 2.08. The molecule has 18 heavy (non-hydrogen) atoms. The summed E-state index contributed by atoms with van der Waals surface area (Å²) in [5.74, 6) is -0.784. The summed E-state index contributed by atoms with van der Waals surface area (Å²) in [6, 6.07) is 2.44. The fraction of sp³-hybridized carbons (Fsp3) is 0.417. The predicted molar refractivity (Wildman–Crippen MR) is 68.9 cm³/mol. The van der Waals surface area contributed by atoms with E-state index in [1.54, 1.807) is 0 Å². The van der Waals surface area contributed by atoms with Crippen molar-refractivity contribution in [2.45, 2.75) is 31.0 Å². The number of rotatable bonds is 4. The average Bonchev–Trinajstić information content (AvgIpc) is 3.08. The van der Waals surface area contributed by atoms with E-state index in [4.69, 9.17) is 5.11 Å². The van der Waals surface area contributed by atoms with E-state index in [0.717, 1.165) is 34.7 Å². The summed E-state index contributed by atoms with van der Waals surface area (Å²) < 4.78 is 2.09. The minimum atomic E-state index is -0.821. The van der Waals surface area contributed by atoms with Crippen LogP contribution in [0, 0.1) is 6.92 Å². The Hall–Kier alpha value is -1.56. The van der Waals surface area contributed by atoms with Crippen LogP contribution >= 0.6 is 11.8 Å². The van der Waals surface area contributed by atoms with Crippen LogP contribution in [-0.4, -0.2) is 31.4 Å². The average molecular weight is 263 g/mol. The van der Waals surface area contributed by atoms with Gasteiger partial charge in [-0.3, -0.25) is 4.79 Å². The molecule has 1 N–H and O–H groups in total. The molecule has 5 nitrogen and oxygen atoms in total. The Bertz CT molecular complexity index is 619. The summed E-state index contributed by atoms with van der Waals surface area (Å²) in [5, 5.41) is 9.54. The number of fused-ring (bicyclic) bond motifs is 1. The van der Waals surface area contributed by atoms with Crippen LogP contribution in [0.15, 0.2) is 17.4 Å². The Morgan fingerprint density at radius 2 is 2.39 bits per heavy atom. The number of carbonyl (C=O) groups is 1. The van der Waals surface area contributed by atoms with Crippen molar-refractivity contribution in [1.29, 1.82) is 0 Å². The fourth-order valence-corrected chi connectivity index (χ4v) is 2.74. The first kappa shape index (κ1) is 11.5. The molecule has 3 rings (SSSR count). The standard InChI is InChI=1S/C12H13N3O2S/c1-7-4-9-11(13-5-7)15(8-2-3-8)12(14-9)18-6-10(16)17/h4-5,8H,2-3,6H2,1H3,(H,16,17). The SMILES string of the molecule is Cc1cnc2c(c1)nc(SCC(=O)O)n2C1CC1. The van der Waals surface area contributed by atoms with Gasteiger partial charge >= 0.3 is 5.97 Å². The highest BCUT2D eigenvalue weighted by molar-refractivity contribution is 7.99. The molecule has 6 heteroatoms. The molecule has 94 valence electrons. The molecule has 0 radical (unpaired) electrons. The lowest BCUT2D eigenvalue weighted by molar-refractivity contribution is -0.133. The first-order valence-corrected chi connectivity index (χ1v) is 6.83. The molecule has 1 fully saturated rings. The van der Waals surface area contributed by atoms with Crippen LogP contribution in [0.5, 0.6) is 0 Å². The molecule has 2 aromatic rings. The van der Waals surface area contributed by atoms with Crippen molar-refractivity contribution in [3.8, 4) is 0 Å². The van der Waals surface area contributed by atoms with Crippen LogP contribution in [0.4, 0.5) is 0 Å².